The number of thiophene rings is 1. The van der Waals surface area contributed by atoms with Gasteiger partial charge in [0, 0.05) is 45.2 Å². The van der Waals surface area contributed by atoms with Gasteiger partial charge in [-0.2, -0.15) is 11.3 Å². The van der Waals surface area contributed by atoms with Crippen molar-refractivity contribution >= 4 is 23.2 Å². The van der Waals surface area contributed by atoms with Crippen LogP contribution in [0.5, 0.6) is 0 Å². The summed E-state index contributed by atoms with van der Waals surface area (Å²) in [6.45, 7) is 6.05. The molecule has 2 fully saturated rings. The molecule has 5 nitrogen and oxygen atoms in total. The number of carbonyl (C=O) groups excluding carboxylic acids is 2. The second kappa shape index (κ2) is 6.15. The summed E-state index contributed by atoms with van der Waals surface area (Å²) in [6.07, 6.45) is 0.352. The number of amides is 2. The highest BCUT2D eigenvalue weighted by Crippen LogP contribution is 2.24. The van der Waals surface area contributed by atoms with Crippen molar-refractivity contribution in [3.63, 3.8) is 0 Å². The molecule has 2 amide bonds. The van der Waals surface area contributed by atoms with Gasteiger partial charge in [0.25, 0.3) is 0 Å². The van der Waals surface area contributed by atoms with Gasteiger partial charge in [0.2, 0.25) is 11.8 Å². The van der Waals surface area contributed by atoms with Gasteiger partial charge < -0.3 is 10.2 Å². The highest BCUT2D eigenvalue weighted by atomic mass is 32.1. The Morgan fingerprint density at radius 2 is 2.14 bits per heavy atom. The molecule has 2 aliphatic heterocycles. The fourth-order valence-corrected chi connectivity index (χ4v) is 3.84. The molecule has 0 aliphatic carbocycles. The molecule has 1 N–H and O–H groups in total. The highest BCUT2D eigenvalue weighted by Gasteiger charge is 2.33. The average molecular weight is 307 g/mol. The Hall–Kier alpha value is -1.40. The Morgan fingerprint density at radius 1 is 1.38 bits per heavy atom. The van der Waals surface area contributed by atoms with Gasteiger partial charge in [-0.3, -0.25) is 14.5 Å². The quantitative estimate of drug-likeness (QED) is 0.909. The summed E-state index contributed by atoms with van der Waals surface area (Å²) < 4.78 is 0. The third kappa shape index (κ3) is 3.11. The molecule has 0 radical (unpaired) electrons. The van der Waals surface area contributed by atoms with Gasteiger partial charge in [-0.25, -0.2) is 0 Å². The van der Waals surface area contributed by atoms with Crippen LogP contribution in [-0.4, -0.2) is 54.3 Å². The molecule has 3 rings (SSSR count). The molecule has 2 atom stereocenters. The number of hydrogen-bond acceptors (Lipinski definition) is 4. The molecule has 1 aromatic rings. The molecule has 21 heavy (non-hydrogen) atoms. The number of nitrogens with one attached hydrogen (secondary N) is 1. The van der Waals surface area contributed by atoms with E-state index in [4.69, 9.17) is 0 Å². The molecule has 0 unspecified atom stereocenters. The van der Waals surface area contributed by atoms with Crippen molar-refractivity contribution < 1.29 is 9.59 Å². The van der Waals surface area contributed by atoms with E-state index in [1.54, 1.807) is 11.3 Å². The maximum Gasteiger partial charge on any atom is 0.228 e. The second-order valence-electron chi connectivity index (χ2n) is 5.80. The average Bonchev–Trinajstić information content (AvgIpc) is 3.17. The summed E-state index contributed by atoms with van der Waals surface area (Å²) in [5.41, 5.74) is 1.35. The van der Waals surface area contributed by atoms with Crippen LogP contribution in [0.25, 0.3) is 0 Å². The lowest BCUT2D eigenvalue weighted by Gasteiger charge is -2.38. The van der Waals surface area contributed by atoms with Crippen molar-refractivity contribution in [2.45, 2.75) is 19.4 Å². The lowest BCUT2D eigenvalue weighted by Crippen LogP contribution is -2.51. The highest BCUT2D eigenvalue weighted by molar-refractivity contribution is 7.07. The molecule has 0 spiro atoms. The Balaban J connectivity index is 1.53. The molecule has 0 saturated carbocycles. The zero-order chi connectivity index (χ0) is 14.8. The summed E-state index contributed by atoms with van der Waals surface area (Å²) >= 11 is 1.72. The first-order valence-electron chi connectivity index (χ1n) is 7.47. The van der Waals surface area contributed by atoms with Gasteiger partial charge in [0.05, 0.1) is 5.92 Å². The summed E-state index contributed by atoms with van der Waals surface area (Å²) in [6, 6.07) is 2.58. The number of carbonyl (C=O) groups is 2. The van der Waals surface area contributed by atoms with Crippen molar-refractivity contribution in [3.8, 4) is 0 Å². The van der Waals surface area contributed by atoms with Gasteiger partial charge in [0.15, 0.2) is 0 Å². The van der Waals surface area contributed by atoms with Gasteiger partial charge in [-0.05, 0) is 29.3 Å². The minimum absolute atomic E-state index is 0.00179. The van der Waals surface area contributed by atoms with Crippen LogP contribution in [0.3, 0.4) is 0 Å². The molecule has 2 aliphatic rings. The minimum atomic E-state index is -0.154. The Bertz CT molecular complexity index is 509. The van der Waals surface area contributed by atoms with E-state index in [9.17, 15) is 9.59 Å². The lowest BCUT2D eigenvalue weighted by molar-refractivity contribution is -0.137. The topological polar surface area (TPSA) is 52.6 Å². The maximum absolute atomic E-state index is 12.4. The Morgan fingerprint density at radius 3 is 2.71 bits per heavy atom. The number of rotatable bonds is 3. The first-order chi connectivity index (χ1) is 10.1. The standard InChI is InChI=1S/C15H21N3O2S/c1-11(12-2-7-21-10-12)17-3-5-18(6-4-17)15(20)13-8-14(19)16-9-13/h2,7,10-11,13H,3-6,8-9H2,1H3,(H,16,19)/t11-,13-/m0/s1. The molecule has 3 heterocycles. The molecule has 0 aromatic carbocycles. The van der Waals surface area contributed by atoms with Gasteiger partial charge >= 0.3 is 0 Å². The van der Waals surface area contributed by atoms with Crippen LogP contribution in [0.1, 0.15) is 24.9 Å². The van der Waals surface area contributed by atoms with Gasteiger partial charge in [-0.1, -0.05) is 0 Å². The third-order valence-electron chi connectivity index (χ3n) is 4.53. The van der Waals surface area contributed by atoms with Gasteiger partial charge in [-0.15, -0.1) is 0 Å². The normalized spacial score (nSPS) is 24.9. The molecular formula is C15H21N3O2S. The molecule has 114 valence electrons. The predicted molar refractivity (Wildman–Crippen MR) is 82.0 cm³/mol. The van der Waals surface area contributed by atoms with E-state index in [0.717, 1.165) is 26.2 Å². The maximum atomic E-state index is 12.4. The molecule has 2 saturated heterocycles. The number of piperazine rings is 1. The van der Waals surface area contributed by atoms with Crippen molar-refractivity contribution in [3.05, 3.63) is 22.4 Å². The van der Waals surface area contributed by atoms with E-state index in [1.165, 1.54) is 5.56 Å². The SMILES string of the molecule is C[C@@H](c1ccsc1)N1CCN(C(=O)[C@@H]2CNC(=O)C2)CC1. The van der Waals surface area contributed by atoms with Crippen molar-refractivity contribution in [2.75, 3.05) is 32.7 Å². The molecule has 0 bridgehead atoms. The van der Waals surface area contributed by atoms with E-state index < -0.39 is 0 Å². The van der Waals surface area contributed by atoms with Gasteiger partial charge in [0.1, 0.15) is 0 Å². The fourth-order valence-electron chi connectivity index (χ4n) is 3.09. The van der Waals surface area contributed by atoms with Crippen molar-refractivity contribution in [1.29, 1.82) is 0 Å². The summed E-state index contributed by atoms with van der Waals surface area (Å²) in [7, 11) is 0. The Labute approximate surface area is 128 Å². The van der Waals surface area contributed by atoms with E-state index in [2.05, 4.69) is 34.0 Å². The first-order valence-corrected chi connectivity index (χ1v) is 8.41. The summed E-state index contributed by atoms with van der Waals surface area (Å²) in [4.78, 5) is 27.9. The zero-order valence-electron chi connectivity index (χ0n) is 12.2. The smallest absolute Gasteiger partial charge is 0.228 e. The van der Waals surface area contributed by atoms with E-state index in [1.807, 2.05) is 4.90 Å². The van der Waals surface area contributed by atoms with Crippen LogP contribution in [0.15, 0.2) is 16.8 Å². The fraction of sp³-hybridized carbons (Fsp3) is 0.600. The summed E-state index contributed by atoms with van der Waals surface area (Å²) in [5, 5.41) is 7.04. The monoisotopic (exact) mass is 307 g/mol. The number of hydrogen-bond donors (Lipinski definition) is 1. The summed E-state index contributed by atoms with van der Waals surface area (Å²) in [5.74, 6) is -0.0207. The Kier molecular flexibility index (Phi) is 4.26. The third-order valence-corrected chi connectivity index (χ3v) is 5.23. The van der Waals surface area contributed by atoms with Crippen LogP contribution in [0, 0.1) is 5.92 Å². The molecular weight excluding hydrogens is 286 g/mol. The molecule has 6 heteroatoms. The van der Waals surface area contributed by atoms with Crippen molar-refractivity contribution in [2.24, 2.45) is 5.92 Å². The largest absolute Gasteiger partial charge is 0.355 e. The van der Waals surface area contributed by atoms with Crippen LogP contribution in [-0.2, 0) is 9.59 Å². The van der Waals surface area contributed by atoms with Crippen LogP contribution in [0.4, 0.5) is 0 Å². The van der Waals surface area contributed by atoms with Crippen LogP contribution >= 0.6 is 11.3 Å². The lowest BCUT2D eigenvalue weighted by atomic mass is 10.1. The predicted octanol–water partition coefficient (Wildman–Crippen LogP) is 1.09. The second-order valence-corrected chi connectivity index (χ2v) is 6.58. The van der Waals surface area contributed by atoms with E-state index in [0.29, 0.717) is 19.0 Å². The minimum Gasteiger partial charge on any atom is -0.355 e. The van der Waals surface area contributed by atoms with Crippen LogP contribution in [0.2, 0.25) is 0 Å². The van der Waals surface area contributed by atoms with E-state index in [-0.39, 0.29) is 17.7 Å². The van der Waals surface area contributed by atoms with E-state index >= 15 is 0 Å². The van der Waals surface area contributed by atoms with Crippen molar-refractivity contribution in [1.82, 2.24) is 15.1 Å². The van der Waals surface area contributed by atoms with Crippen LogP contribution < -0.4 is 5.32 Å². The zero-order valence-corrected chi connectivity index (χ0v) is 13.1. The molecule has 1 aromatic heterocycles. The number of nitrogens with zero attached hydrogens (tertiary/aromatic N) is 2. The first kappa shape index (κ1) is 14.5.